The van der Waals surface area contributed by atoms with Gasteiger partial charge in [0.2, 0.25) is 0 Å². The Hall–Kier alpha value is -1.26. The summed E-state index contributed by atoms with van der Waals surface area (Å²) in [6, 6.07) is 8.77. The van der Waals surface area contributed by atoms with Crippen molar-refractivity contribution < 1.29 is 0 Å². The zero-order valence-corrected chi connectivity index (χ0v) is 12.8. The zero-order chi connectivity index (χ0) is 13.8. The molecule has 0 saturated heterocycles. The predicted molar refractivity (Wildman–Crippen MR) is 80.6 cm³/mol. The van der Waals surface area contributed by atoms with Gasteiger partial charge in [-0.1, -0.05) is 24.8 Å². The van der Waals surface area contributed by atoms with Crippen LogP contribution in [-0.4, -0.2) is 16.3 Å². The molecule has 0 aliphatic rings. The Kier molecular flexibility index (Phi) is 4.66. The van der Waals surface area contributed by atoms with Gasteiger partial charge in [-0.2, -0.15) is 5.10 Å². The minimum absolute atomic E-state index is 0.943. The lowest BCUT2D eigenvalue weighted by Crippen LogP contribution is -2.12. The molecule has 0 aliphatic heterocycles. The van der Waals surface area contributed by atoms with Crippen molar-refractivity contribution in [1.29, 1.82) is 0 Å². The van der Waals surface area contributed by atoms with Crippen molar-refractivity contribution in [2.24, 2.45) is 7.05 Å². The van der Waals surface area contributed by atoms with Crippen LogP contribution in [0.1, 0.15) is 23.7 Å². The minimum atomic E-state index is 0.943. The maximum Gasteiger partial charge on any atom is 0.0986 e. The molecule has 0 saturated carbocycles. The molecular weight excluding hydrogens is 254 g/mol. The molecule has 0 atom stereocenters. The van der Waals surface area contributed by atoms with Crippen LogP contribution >= 0.6 is 11.8 Å². The summed E-state index contributed by atoms with van der Waals surface area (Å²) in [5.41, 5.74) is 3.77. The van der Waals surface area contributed by atoms with E-state index in [9.17, 15) is 0 Å². The summed E-state index contributed by atoms with van der Waals surface area (Å²) in [7, 11) is 1.99. The molecular formula is C15H21N3S. The largest absolute Gasteiger partial charge is 0.313 e. The van der Waals surface area contributed by atoms with Crippen molar-refractivity contribution in [3.05, 3.63) is 41.1 Å². The number of rotatable bonds is 5. The molecule has 0 radical (unpaired) electrons. The predicted octanol–water partition coefficient (Wildman–Crippen LogP) is 3.30. The number of benzene rings is 1. The molecule has 102 valence electrons. The molecule has 1 aromatic carbocycles. The van der Waals surface area contributed by atoms with Gasteiger partial charge in [-0.05, 0) is 49.7 Å². The Balaban J connectivity index is 2.13. The standard InChI is InChI=1S/C15H21N3S/c1-5-16-10-13-6-7-14(8-11(13)2)19-15-9-12(3)17-18(15)4/h6-9,16H,5,10H2,1-4H3. The maximum absolute atomic E-state index is 4.37. The van der Waals surface area contributed by atoms with Gasteiger partial charge < -0.3 is 5.32 Å². The van der Waals surface area contributed by atoms with Gasteiger partial charge in [0.25, 0.3) is 0 Å². The fourth-order valence-corrected chi connectivity index (χ4v) is 3.01. The van der Waals surface area contributed by atoms with Crippen LogP contribution in [-0.2, 0) is 13.6 Å². The second-order valence-corrected chi connectivity index (χ2v) is 5.81. The Labute approximate surface area is 119 Å². The van der Waals surface area contributed by atoms with Crippen LogP contribution in [0.4, 0.5) is 0 Å². The van der Waals surface area contributed by atoms with Gasteiger partial charge >= 0.3 is 0 Å². The van der Waals surface area contributed by atoms with Gasteiger partial charge in [0.05, 0.1) is 10.7 Å². The van der Waals surface area contributed by atoms with Gasteiger partial charge in [0.15, 0.2) is 0 Å². The summed E-state index contributed by atoms with van der Waals surface area (Å²) < 4.78 is 1.93. The van der Waals surface area contributed by atoms with Gasteiger partial charge in [-0.3, -0.25) is 4.68 Å². The molecule has 1 aromatic heterocycles. The molecule has 1 N–H and O–H groups in total. The van der Waals surface area contributed by atoms with E-state index in [1.165, 1.54) is 21.0 Å². The first-order chi connectivity index (χ1) is 9.10. The van der Waals surface area contributed by atoms with Crippen molar-refractivity contribution in [2.45, 2.75) is 37.2 Å². The van der Waals surface area contributed by atoms with E-state index in [4.69, 9.17) is 0 Å². The van der Waals surface area contributed by atoms with Crippen molar-refractivity contribution in [1.82, 2.24) is 15.1 Å². The van der Waals surface area contributed by atoms with E-state index in [1.807, 2.05) is 18.7 Å². The number of nitrogens with zero attached hydrogens (tertiary/aromatic N) is 2. The molecule has 1 heterocycles. The molecule has 2 aromatic rings. The van der Waals surface area contributed by atoms with Gasteiger partial charge in [0.1, 0.15) is 0 Å². The average molecular weight is 275 g/mol. The van der Waals surface area contributed by atoms with Crippen LogP contribution in [0.25, 0.3) is 0 Å². The highest BCUT2D eigenvalue weighted by atomic mass is 32.2. The highest BCUT2D eigenvalue weighted by Crippen LogP contribution is 2.29. The molecule has 0 bridgehead atoms. The molecule has 0 spiro atoms. The number of hydrogen-bond acceptors (Lipinski definition) is 3. The first-order valence-corrected chi connectivity index (χ1v) is 7.40. The van der Waals surface area contributed by atoms with Crippen molar-refractivity contribution in [3.63, 3.8) is 0 Å². The van der Waals surface area contributed by atoms with E-state index >= 15 is 0 Å². The van der Waals surface area contributed by atoms with E-state index in [0.29, 0.717) is 0 Å². The second-order valence-electron chi connectivity index (χ2n) is 4.72. The first-order valence-electron chi connectivity index (χ1n) is 6.59. The quantitative estimate of drug-likeness (QED) is 0.908. The Morgan fingerprint density at radius 2 is 2.05 bits per heavy atom. The summed E-state index contributed by atoms with van der Waals surface area (Å²) in [5.74, 6) is 0. The SMILES string of the molecule is CCNCc1ccc(Sc2cc(C)nn2C)cc1C. The summed E-state index contributed by atoms with van der Waals surface area (Å²) in [6.07, 6.45) is 0. The first kappa shape index (κ1) is 14.2. The molecule has 0 fully saturated rings. The lowest BCUT2D eigenvalue weighted by molar-refractivity contribution is 0.692. The Morgan fingerprint density at radius 3 is 2.63 bits per heavy atom. The zero-order valence-electron chi connectivity index (χ0n) is 12.0. The summed E-state index contributed by atoms with van der Waals surface area (Å²) >= 11 is 1.76. The van der Waals surface area contributed by atoms with Crippen molar-refractivity contribution in [2.75, 3.05) is 6.54 Å². The summed E-state index contributed by atoms with van der Waals surface area (Å²) in [4.78, 5) is 1.26. The summed E-state index contributed by atoms with van der Waals surface area (Å²) in [5, 5.41) is 8.92. The van der Waals surface area contributed by atoms with Crippen molar-refractivity contribution >= 4 is 11.8 Å². The van der Waals surface area contributed by atoms with E-state index in [2.05, 4.69) is 48.5 Å². The molecule has 0 unspecified atom stereocenters. The maximum atomic E-state index is 4.37. The molecule has 3 nitrogen and oxygen atoms in total. The van der Waals surface area contributed by atoms with E-state index in [0.717, 1.165) is 18.8 Å². The van der Waals surface area contributed by atoms with Gasteiger partial charge in [-0.15, -0.1) is 0 Å². The normalized spacial score (nSPS) is 10.9. The van der Waals surface area contributed by atoms with Gasteiger partial charge in [0, 0.05) is 18.5 Å². The number of aromatic nitrogens is 2. The highest BCUT2D eigenvalue weighted by molar-refractivity contribution is 7.99. The molecule has 2 rings (SSSR count). The molecule has 0 amide bonds. The third kappa shape index (κ3) is 3.61. The minimum Gasteiger partial charge on any atom is -0.313 e. The van der Waals surface area contributed by atoms with Gasteiger partial charge in [-0.25, -0.2) is 0 Å². The van der Waals surface area contributed by atoms with Crippen LogP contribution in [0.5, 0.6) is 0 Å². The molecule has 0 aliphatic carbocycles. The number of aryl methyl sites for hydroxylation is 3. The second kappa shape index (κ2) is 6.26. The number of nitrogens with one attached hydrogen (secondary N) is 1. The molecule has 19 heavy (non-hydrogen) atoms. The fourth-order valence-electron chi connectivity index (χ4n) is 1.99. The Morgan fingerprint density at radius 1 is 1.26 bits per heavy atom. The van der Waals surface area contributed by atoms with E-state index in [1.54, 1.807) is 11.8 Å². The third-order valence-electron chi connectivity index (χ3n) is 3.06. The number of hydrogen-bond donors (Lipinski definition) is 1. The van der Waals surface area contributed by atoms with Crippen LogP contribution in [0, 0.1) is 13.8 Å². The van der Waals surface area contributed by atoms with Crippen molar-refractivity contribution in [3.8, 4) is 0 Å². The highest BCUT2D eigenvalue weighted by Gasteiger charge is 2.06. The average Bonchev–Trinajstić information content (AvgIpc) is 2.67. The van der Waals surface area contributed by atoms with Crippen LogP contribution in [0.15, 0.2) is 34.2 Å². The Bertz CT molecular complexity index is 561. The third-order valence-corrected chi connectivity index (χ3v) is 4.14. The monoisotopic (exact) mass is 275 g/mol. The van der Waals surface area contributed by atoms with E-state index in [-0.39, 0.29) is 0 Å². The van der Waals surface area contributed by atoms with E-state index < -0.39 is 0 Å². The topological polar surface area (TPSA) is 29.9 Å². The molecule has 4 heteroatoms. The lowest BCUT2D eigenvalue weighted by Gasteiger charge is -2.09. The van der Waals surface area contributed by atoms with Crippen LogP contribution in [0.3, 0.4) is 0 Å². The fraction of sp³-hybridized carbons (Fsp3) is 0.400. The van der Waals surface area contributed by atoms with Crippen LogP contribution < -0.4 is 5.32 Å². The lowest BCUT2D eigenvalue weighted by atomic mass is 10.1. The smallest absolute Gasteiger partial charge is 0.0986 e. The summed E-state index contributed by atoms with van der Waals surface area (Å²) in [6.45, 7) is 8.27. The van der Waals surface area contributed by atoms with Crippen LogP contribution in [0.2, 0.25) is 0 Å².